The van der Waals surface area contributed by atoms with Crippen molar-refractivity contribution < 1.29 is 24.0 Å². The van der Waals surface area contributed by atoms with Gasteiger partial charge in [-0.1, -0.05) is 24.3 Å². The van der Waals surface area contributed by atoms with Gasteiger partial charge in [0.25, 0.3) is 11.6 Å². The van der Waals surface area contributed by atoms with Gasteiger partial charge >= 0.3 is 0 Å². The Morgan fingerprint density at radius 2 is 2.00 bits per heavy atom. The van der Waals surface area contributed by atoms with Gasteiger partial charge in [0.1, 0.15) is 0 Å². The van der Waals surface area contributed by atoms with Gasteiger partial charge in [-0.05, 0) is 17.7 Å². The van der Waals surface area contributed by atoms with Gasteiger partial charge in [-0.2, -0.15) is 5.10 Å². The quantitative estimate of drug-likeness (QED) is 0.421. The first-order valence-electron chi connectivity index (χ1n) is 10.7. The van der Waals surface area contributed by atoms with Gasteiger partial charge in [0.2, 0.25) is 12.7 Å². The summed E-state index contributed by atoms with van der Waals surface area (Å²) in [6.07, 6.45) is 0.427. The zero-order chi connectivity index (χ0) is 23.7. The Morgan fingerprint density at radius 3 is 2.85 bits per heavy atom. The number of ether oxygens (including phenoxy) is 2. The van der Waals surface area contributed by atoms with Crippen LogP contribution in [0.3, 0.4) is 0 Å². The molecule has 174 valence electrons. The van der Waals surface area contributed by atoms with E-state index in [0.29, 0.717) is 35.6 Å². The van der Waals surface area contributed by atoms with Gasteiger partial charge in [-0.3, -0.25) is 24.8 Å². The number of fused-ring (bicyclic) bond motifs is 2. The molecule has 0 spiro atoms. The molecule has 5 rings (SSSR count). The van der Waals surface area contributed by atoms with Crippen molar-refractivity contribution in [1.29, 1.82) is 0 Å². The predicted octanol–water partition coefficient (Wildman–Crippen LogP) is 2.10. The van der Waals surface area contributed by atoms with Crippen LogP contribution in [0.2, 0.25) is 0 Å². The Morgan fingerprint density at radius 1 is 1.18 bits per heavy atom. The van der Waals surface area contributed by atoms with Gasteiger partial charge < -0.3 is 19.7 Å². The maximum absolute atomic E-state index is 12.9. The molecule has 0 fully saturated rings. The number of carbonyl (C=O) groups excluding carboxylic acids is 2. The van der Waals surface area contributed by atoms with E-state index in [9.17, 15) is 19.7 Å². The van der Waals surface area contributed by atoms with E-state index < -0.39 is 4.92 Å². The summed E-state index contributed by atoms with van der Waals surface area (Å²) in [6.45, 7) is 1.10. The minimum absolute atomic E-state index is 0.0829. The summed E-state index contributed by atoms with van der Waals surface area (Å²) in [7, 11) is 0. The molecule has 11 heteroatoms. The molecule has 1 aromatic heterocycles. The Kier molecular flexibility index (Phi) is 5.58. The molecule has 0 unspecified atom stereocenters. The van der Waals surface area contributed by atoms with Crippen LogP contribution in [0.15, 0.2) is 42.5 Å². The molecule has 2 aromatic carbocycles. The highest BCUT2D eigenvalue weighted by atomic mass is 16.7. The summed E-state index contributed by atoms with van der Waals surface area (Å²) in [5.74, 6) is 0.703. The molecular formula is C23H21N5O6. The van der Waals surface area contributed by atoms with E-state index >= 15 is 0 Å². The number of hydrogen-bond acceptors (Lipinski definition) is 7. The third-order valence-corrected chi connectivity index (χ3v) is 5.92. The molecular weight excluding hydrogens is 442 g/mol. The molecule has 34 heavy (non-hydrogen) atoms. The molecule has 3 aromatic rings. The second-order valence-electron chi connectivity index (χ2n) is 8.03. The van der Waals surface area contributed by atoms with Crippen molar-refractivity contribution in [1.82, 2.24) is 20.4 Å². The molecule has 0 radical (unpaired) electrons. The number of benzene rings is 2. The number of H-pyrrole nitrogens is 1. The minimum Gasteiger partial charge on any atom is -0.454 e. The average Bonchev–Trinajstić information content (AvgIpc) is 3.49. The van der Waals surface area contributed by atoms with Crippen molar-refractivity contribution in [3.8, 4) is 11.5 Å². The normalized spacial score (nSPS) is 13.9. The summed E-state index contributed by atoms with van der Waals surface area (Å²) < 4.78 is 10.7. The summed E-state index contributed by atoms with van der Waals surface area (Å²) in [6, 6.07) is 11.7. The fraction of sp³-hybridized carbons (Fsp3) is 0.261. The summed E-state index contributed by atoms with van der Waals surface area (Å²) >= 11 is 0. The molecule has 11 nitrogen and oxygen atoms in total. The summed E-state index contributed by atoms with van der Waals surface area (Å²) in [5, 5.41) is 21.2. The second kappa shape index (κ2) is 8.85. The van der Waals surface area contributed by atoms with Crippen LogP contribution in [-0.4, -0.2) is 45.2 Å². The van der Waals surface area contributed by atoms with Gasteiger partial charge in [-0.15, -0.1) is 0 Å². The van der Waals surface area contributed by atoms with Gasteiger partial charge in [0.05, 0.1) is 11.3 Å². The van der Waals surface area contributed by atoms with Crippen LogP contribution >= 0.6 is 0 Å². The fourth-order valence-electron chi connectivity index (χ4n) is 4.13. The van der Waals surface area contributed by atoms with Crippen LogP contribution in [0.25, 0.3) is 0 Å². The molecule has 2 N–H and O–H groups in total. The molecule has 2 amide bonds. The number of para-hydroxylation sites is 1. The van der Waals surface area contributed by atoms with Crippen molar-refractivity contribution in [3.63, 3.8) is 0 Å². The van der Waals surface area contributed by atoms with Crippen LogP contribution in [0.1, 0.15) is 32.9 Å². The maximum Gasteiger partial charge on any atom is 0.273 e. The van der Waals surface area contributed by atoms with Gasteiger partial charge in [-0.25, -0.2) is 0 Å². The topological polar surface area (TPSA) is 140 Å². The molecule has 3 heterocycles. The first-order valence-corrected chi connectivity index (χ1v) is 10.7. The lowest BCUT2D eigenvalue weighted by atomic mass is 10.0. The zero-order valence-corrected chi connectivity index (χ0v) is 18.1. The van der Waals surface area contributed by atoms with E-state index in [1.165, 1.54) is 6.07 Å². The number of hydrogen-bond donors (Lipinski definition) is 2. The number of aromatic amines is 1. The van der Waals surface area contributed by atoms with Crippen LogP contribution < -0.4 is 14.8 Å². The number of aromatic nitrogens is 2. The molecule has 0 aliphatic carbocycles. The Bertz CT molecular complexity index is 1290. The number of nitrogens with one attached hydrogen (secondary N) is 2. The first kappa shape index (κ1) is 21.4. The number of rotatable bonds is 6. The number of nitro benzene ring substituents is 1. The Hall–Kier alpha value is -4.41. The maximum atomic E-state index is 12.9. The highest BCUT2D eigenvalue weighted by molar-refractivity contribution is 5.94. The Balaban J connectivity index is 1.25. The minimum atomic E-state index is -0.490. The third kappa shape index (κ3) is 4.15. The average molecular weight is 463 g/mol. The largest absolute Gasteiger partial charge is 0.454 e. The second-order valence-corrected chi connectivity index (χ2v) is 8.03. The van der Waals surface area contributed by atoms with Gasteiger partial charge in [0.15, 0.2) is 17.2 Å². The van der Waals surface area contributed by atoms with Crippen molar-refractivity contribution in [2.75, 3.05) is 13.3 Å². The number of amides is 2. The van der Waals surface area contributed by atoms with Crippen LogP contribution in [0.4, 0.5) is 5.69 Å². The molecule has 0 bridgehead atoms. The highest BCUT2D eigenvalue weighted by Crippen LogP contribution is 2.32. The smallest absolute Gasteiger partial charge is 0.273 e. The lowest BCUT2D eigenvalue weighted by Crippen LogP contribution is -2.37. The van der Waals surface area contributed by atoms with E-state index in [-0.39, 0.29) is 49.5 Å². The summed E-state index contributed by atoms with van der Waals surface area (Å²) in [4.78, 5) is 38.1. The van der Waals surface area contributed by atoms with Crippen molar-refractivity contribution in [2.24, 2.45) is 0 Å². The van der Waals surface area contributed by atoms with Crippen LogP contribution in [0.5, 0.6) is 11.5 Å². The van der Waals surface area contributed by atoms with Crippen LogP contribution in [0, 0.1) is 10.1 Å². The highest BCUT2D eigenvalue weighted by Gasteiger charge is 2.29. The molecule has 2 aliphatic heterocycles. The van der Waals surface area contributed by atoms with Crippen molar-refractivity contribution >= 4 is 17.5 Å². The predicted molar refractivity (Wildman–Crippen MR) is 118 cm³/mol. The third-order valence-electron chi connectivity index (χ3n) is 5.92. The molecule has 2 aliphatic rings. The SMILES string of the molecule is O=C(NCc1ccc2c(c1)OCO2)c1n[nH]c2c1CN(C(=O)Cc1ccccc1[N+](=O)[O-])CC2. The van der Waals surface area contributed by atoms with E-state index in [4.69, 9.17) is 9.47 Å². The first-order chi connectivity index (χ1) is 16.5. The molecule has 0 saturated heterocycles. The zero-order valence-electron chi connectivity index (χ0n) is 18.1. The monoisotopic (exact) mass is 463 g/mol. The standard InChI is InChI=1S/C23H21N5O6/c29-21(10-15-3-1-2-4-18(15)28(31)32)27-8-7-17-16(12-27)22(26-25-17)23(30)24-11-14-5-6-19-20(9-14)34-13-33-19/h1-6,9H,7-8,10-13H2,(H,24,30)(H,25,26). The number of nitro groups is 1. The van der Waals surface area contributed by atoms with E-state index in [2.05, 4.69) is 15.5 Å². The molecule has 0 atom stereocenters. The lowest BCUT2D eigenvalue weighted by molar-refractivity contribution is -0.385. The summed E-state index contributed by atoms with van der Waals surface area (Å²) in [5.41, 5.74) is 2.83. The van der Waals surface area contributed by atoms with Crippen molar-refractivity contribution in [2.45, 2.75) is 25.9 Å². The number of nitrogens with zero attached hydrogens (tertiary/aromatic N) is 3. The van der Waals surface area contributed by atoms with E-state index in [1.807, 2.05) is 12.1 Å². The lowest BCUT2D eigenvalue weighted by Gasteiger charge is -2.27. The van der Waals surface area contributed by atoms with E-state index in [1.54, 1.807) is 29.2 Å². The van der Waals surface area contributed by atoms with Crippen molar-refractivity contribution in [3.05, 3.63) is 80.7 Å². The molecule has 0 saturated carbocycles. The number of carbonyl (C=O) groups is 2. The fourth-order valence-corrected chi connectivity index (χ4v) is 4.13. The van der Waals surface area contributed by atoms with Gasteiger partial charge in [0, 0.05) is 48.9 Å². The Labute approximate surface area is 193 Å². The van der Waals surface area contributed by atoms with E-state index in [0.717, 1.165) is 11.3 Å². The van der Waals surface area contributed by atoms with Crippen LogP contribution in [-0.2, 0) is 30.7 Å².